The van der Waals surface area contributed by atoms with Crippen molar-refractivity contribution in [2.24, 2.45) is 0 Å². The fraction of sp³-hybridized carbons (Fsp3) is 0.290. The summed E-state index contributed by atoms with van der Waals surface area (Å²) in [7, 11) is 0. The van der Waals surface area contributed by atoms with E-state index in [1.807, 2.05) is 65.6 Å². The first-order valence-electron chi connectivity index (χ1n) is 12.7. The van der Waals surface area contributed by atoms with E-state index < -0.39 is 0 Å². The molecule has 2 amide bonds. The Kier molecular flexibility index (Phi) is 7.17. The summed E-state index contributed by atoms with van der Waals surface area (Å²) in [5.41, 5.74) is 6.08. The van der Waals surface area contributed by atoms with E-state index >= 15 is 0 Å². The van der Waals surface area contributed by atoms with Gasteiger partial charge in [0.15, 0.2) is 0 Å². The highest BCUT2D eigenvalue weighted by molar-refractivity contribution is 5.95. The van der Waals surface area contributed by atoms with Crippen LogP contribution in [-0.4, -0.2) is 35.5 Å². The zero-order valence-electron chi connectivity index (χ0n) is 20.7. The number of ether oxygens (including phenoxy) is 1. The van der Waals surface area contributed by atoms with Gasteiger partial charge in [0.05, 0.1) is 6.04 Å². The maximum Gasteiger partial charge on any atom is 0.410 e. The third-order valence-electron chi connectivity index (χ3n) is 6.89. The zero-order valence-corrected chi connectivity index (χ0v) is 20.7. The lowest BCUT2D eigenvalue weighted by atomic mass is 9.99. The minimum Gasteiger partial charge on any atom is -0.445 e. The van der Waals surface area contributed by atoms with Gasteiger partial charge in [0.2, 0.25) is 0 Å². The van der Waals surface area contributed by atoms with E-state index in [9.17, 15) is 9.59 Å². The molecule has 1 N–H and O–H groups in total. The molecular formula is C31H32N2O3. The van der Waals surface area contributed by atoms with Crippen LogP contribution in [0.1, 0.15) is 54.1 Å². The molecule has 5 heteroatoms. The van der Waals surface area contributed by atoms with Crippen LogP contribution in [0.5, 0.6) is 0 Å². The first-order valence-corrected chi connectivity index (χ1v) is 12.7. The lowest BCUT2D eigenvalue weighted by Gasteiger charge is -2.25. The summed E-state index contributed by atoms with van der Waals surface area (Å²) in [4.78, 5) is 26.9. The van der Waals surface area contributed by atoms with Gasteiger partial charge in [-0.15, -0.1) is 0 Å². The SMILES string of the molecule is CC(=Cc1cccc(-c2ccc(C(=O)NC3CC3)cc2)c1)[C@@H]1CCCN1C(=O)OCc1ccccc1. The summed E-state index contributed by atoms with van der Waals surface area (Å²) in [5.74, 6) is -0.000211. The molecule has 1 aliphatic heterocycles. The number of nitrogens with one attached hydrogen (secondary N) is 1. The molecule has 0 aromatic heterocycles. The molecule has 1 atom stereocenters. The maximum atomic E-state index is 12.8. The molecule has 5 rings (SSSR count). The van der Waals surface area contributed by atoms with Crippen molar-refractivity contribution in [1.29, 1.82) is 0 Å². The summed E-state index contributed by atoms with van der Waals surface area (Å²) in [6.45, 7) is 3.09. The van der Waals surface area contributed by atoms with Crippen LogP contribution in [0, 0.1) is 0 Å². The molecule has 5 nitrogen and oxygen atoms in total. The van der Waals surface area contributed by atoms with Crippen molar-refractivity contribution in [3.63, 3.8) is 0 Å². The Hall–Kier alpha value is -3.86. The molecular weight excluding hydrogens is 448 g/mol. The molecule has 2 aliphatic rings. The average molecular weight is 481 g/mol. The Balaban J connectivity index is 1.25. The Morgan fingerprint density at radius 3 is 2.47 bits per heavy atom. The lowest BCUT2D eigenvalue weighted by Crippen LogP contribution is -2.36. The molecule has 1 heterocycles. The van der Waals surface area contributed by atoms with Crippen molar-refractivity contribution in [3.8, 4) is 11.1 Å². The molecule has 2 fully saturated rings. The van der Waals surface area contributed by atoms with Crippen LogP contribution >= 0.6 is 0 Å². The van der Waals surface area contributed by atoms with Crippen molar-refractivity contribution < 1.29 is 14.3 Å². The zero-order chi connectivity index (χ0) is 24.9. The summed E-state index contributed by atoms with van der Waals surface area (Å²) >= 11 is 0. The van der Waals surface area contributed by atoms with Gasteiger partial charge >= 0.3 is 6.09 Å². The minimum atomic E-state index is -0.256. The van der Waals surface area contributed by atoms with Gasteiger partial charge in [-0.25, -0.2) is 4.79 Å². The second-order valence-corrected chi connectivity index (χ2v) is 9.73. The van der Waals surface area contributed by atoms with E-state index in [4.69, 9.17) is 4.74 Å². The predicted molar refractivity (Wildman–Crippen MR) is 142 cm³/mol. The fourth-order valence-electron chi connectivity index (χ4n) is 4.74. The standard InChI is InChI=1S/C31H32N2O3/c1-22(29-11-6-18-33(29)31(35)36-21-23-7-3-2-4-8-23)19-24-9-5-10-27(20-24)25-12-14-26(15-13-25)30(34)32-28-16-17-28/h2-5,7-10,12-15,19-20,28-29H,6,11,16-18,21H2,1H3,(H,32,34)/t29-/m0/s1. The van der Waals surface area contributed by atoms with Crippen molar-refractivity contribution >= 4 is 18.1 Å². The van der Waals surface area contributed by atoms with E-state index in [0.717, 1.165) is 53.5 Å². The maximum absolute atomic E-state index is 12.8. The largest absolute Gasteiger partial charge is 0.445 e. The van der Waals surface area contributed by atoms with Crippen LogP contribution in [0.25, 0.3) is 17.2 Å². The number of benzene rings is 3. The molecule has 0 radical (unpaired) electrons. The van der Waals surface area contributed by atoms with Gasteiger partial charge in [-0.1, -0.05) is 72.3 Å². The monoisotopic (exact) mass is 480 g/mol. The van der Waals surface area contributed by atoms with Crippen molar-refractivity contribution in [2.45, 2.75) is 51.3 Å². The van der Waals surface area contributed by atoms with Gasteiger partial charge < -0.3 is 15.0 Å². The quantitative estimate of drug-likeness (QED) is 0.423. The number of rotatable bonds is 7. The summed E-state index contributed by atoms with van der Waals surface area (Å²) in [6.07, 6.45) is 5.97. The molecule has 0 unspecified atom stereocenters. The van der Waals surface area contributed by atoms with Gasteiger partial charge in [-0.05, 0) is 73.1 Å². The van der Waals surface area contributed by atoms with E-state index in [-0.39, 0.29) is 24.6 Å². The Bertz CT molecular complexity index is 1250. The second kappa shape index (κ2) is 10.8. The van der Waals surface area contributed by atoms with E-state index in [2.05, 4.69) is 36.5 Å². The normalized spacial score (nSPS) is 17.6. The van der Waals surface area contributed by atoms with Crippen LogP contribution in [0.3, 0.4) is 0 Å². The molecule has 184 valence electrons. The molecule has 1 aliphatic carbocycles. The van der Waals surface area contributed by atoms with Gasteiger partial charge in [-0.3, -0.25) is 4.79 Å². The van der Waals surface area contributed by atoms with E-state index in [1.165, 1.54) is 0 Å². The molecule has 0 spiro atoms. The number of carbonyl (C=O) groups is 2. The molecule has 3 aromatic carbocycles. The van der Waals surface area contributed by atoms with Crippen LogP contribution in [0.4, 0.5) is 4.79 Å². The van der Waals surface area contributed by atoms with Gasteiger partial charge in [0, 0.05) is 18.2 Å². The molecule has 0 bridgehead atoms. The second-order valence-electron chi connectivity index (χ2n) is 9.73. The molecule has 1 saturated heterocycles. The van der Waals surface area contributed by atoms with Gasteiger partial charge in [-0.2, -0.15) is 0 Å². The summed E-state index contributed by atoms with van der Waals surface area (Å²) in [5, 5.41) is 3.03. The number of likely N-dealkylation sites (tertiary alicyclic amines) is 1. The smallest absolute Gasteiger partial charge is 0.410 e. The van der Waals surface area contributed by atoms with Gasteiger partial charge in [0.1, 0.15) is 6.61 Å². The van der Waals surface area contributed by atoms with Crippen LogP contribution in [0.15, 0.2) is 84.4 Å². The average Bonchev–Trinajstić information content (AvgIpc) is 3.58. The highest BCUT2D eigenvalue weighted by Crippen LogP contribution is 2.28. The van der Waals surface area contributed by atoms with Crippen LogP contribution in [0.2, 0.25) is 0 Å². The Labute approximate surface area is 212 Å². The molecule has 3 aromatic rings. The van der Waals surface area contributed by atoms with Crippen LogP contribution in [-0.2, 0) is 11.3 Å². The molecule has 1 saturated carbocycles. The fourth-order valence-corrected chi connectivity index (χ4v) is 4.74. The van der Waals surface area contributed by atoms with Crippen molar-refractivity contribution in [1.82, 2.24) is 10.2 Å². The van der Waals surface area contributed by atoms with Crippen molar-refractivity contribution in [3.05, 3.63) is 101 Å². The Morgan fingerprint density at radius 1 is 0.944 bits per heavy atom. The summed E-state index contributed by atoms with van der Waals surface area (Å²) in [6, 6.07) is 26.3. The number of nitrogens with zero attached hydrogens (tertiary/aromatic N) is 1. The number of amides is 2. The summed E-state index contributed by atoms with van der Waals surface area (Å²) < 4.78 is 5.60. The lowest BCUT2D eigenvalue weighted by molar-refractivity contribution is 0.0947. The Morgan fingerprint density at radius 2 is 1.72 bits per heavy atom. The number of carbonyl (C=O) groups excluding carboxylic acids is 2. The first kappa shape index (κ1) is 23.9. The highest BCUT2D eigenvalue weighted by atomic mass is 16.6. The molecule has 36 heavy (non-hydrogen) atoms. The predicted octanol–water partition coefficient (Wildman–Crippen LogP) is 6.45. The topological polar surface area (TPSA) is 58.6 Å². The minimum absolute atomic E-state index is 0.000211. The third kappa shape index (κ3) is 5.85. The van der Waals surface area contributed by atoms with Crippen molar-refractivity contribution in [2.75, 3.05) is 6.54 Å². The number of hydrogen-bond acceptors (Lipinski definition) is 3. The highest BCUT2D eigenvalue weighted by Gasteiger charge is 2.31. The van der Waals surface area contributed by atoms with E-state index in [1.54, 1.807) is 0 Å². The number of hydrogen-bond donors (Lipinski definition) is 1. The third-order valence-corrected chi connectivity index (χ3v) is 6.89. The first-order chi connectivity index (χ1) is 17.6. The van der Waals surface area contributed by atoms with Gasteiger partial charge in [0.25, 0.3) is 5.91 Å². The van der Waals surface area contributed by atoms with Crippen LogP contribution < -0.4 is 5.32 Å². The van der Waals surface area contributed by atoms with E-state index in [0.29, 0.717) is 18.2 Å².